The number of hydrogen-bond donors (Lipinski definition) is 1. The number of nitrogens with zero attached hydrogens (tertiary/aromatic N) is 1. The van der Waals surface area contributed by atoms with Crippen LogP contribution in [0.1, 0.15) is 45.2 Å². The molecule has 1 aromatic heterocycles. The van der Waals surface area contributed by atoms with Gasteiger partial charge < -0.3 is 10.1 Å². The average molecular weight is 286 g/mol. The molecule has 1 fully saturated rings. The molecule has 0 bridgehead atoms. The molecule has 0 saturated carbocycles. The molecule has 2 aromatic rings. The molecule has 3 rings (SSSR count). The van der Waals surface area contributed by atoms with Gasteiger partial charge in [0.25, 0.3) is 0 Å². The van der Waals surface area contributed by atoms with Crippen LogP contribution in [-0.2, 0) is 4.74 Å². The van der Waals surface area contributed by atoms with Gasteiger partial charge in [-0.05, 0) is 51.8 Å². The SMILES string of the molecule is CC(C)(C)OC(=O)n1cc([C@@H]2CCCN2)c2ccccc21. The van der Waals surface area contributed by atoms with E-state index in [-0.39, 0.29) is 6.09 Å². The highest BCUT2D eigenvalue weighted by Gasteiger charge is 2.24. The number of fused-ring (bicyclic) bond motifs is 1. The summed E-state index contributed by atoms with van der Waals surface area (Å²) in [7, 11) is 0. The van der Waals surface area contributed by atoms with Crippen molar-refractivity contribution in [3.05, 3.63) is 36.0 Å². The molecular formula is C17H22N2O2. The first-order valence-electron chi connectivity index (χ1n) is 7.52. The van der Waals surface area contributed by atoms with Crippen LogP contribution < -0.4 is 5.32 Å². The van der Waals surface area contributed by atoms with Crippen molar-refractivity contribution >= 4 is 17.0 Å². The lowest BCUT2D eigenvalue weighted by Crippen LogP contribution is -2.26. The molecule has 1 atom stereocenters. The van der Waals surface area contributed by atoms with Crippen molar-refractivity contribution in [2.24, 2.45) is 0 Å². The number of ether oxygens (including phenoxy) is 1. The Morgan fingerprint density at radius 1 is 1.33 bits per heavy atom. The fourth-order valence-corrected chi connectivity index (χ4v) is 2.90. The summed E-state index contributed by atoms with van der Waals surface area (Å²) in [6.07, 6.45) is 3.91. The predicted octanol–water partition coefficient (Wildman–Crippen LogP) is 3.85. The maximum absolute atomic E-state index is 12.4. The van der Waals surface area contributed by atoms with E-state index in [1.54, 1.807) is 4.57 Å². The van der Waals surface area contributed by atoms with Gasteiger partial charge in [-0.15, -0.1) is 0 Å². The van der Waals surface area contributed by atoms with Crippen molar-refractivity contribution < 1.29 is 9.53 Å². The minimum atomic E-state index is -0.492. The largest absolute Gasteiger partial charge is 0.443 e. The van der Waals surface area contributed by atoms with Gasteiger partial charge >= 0.3 is 6.09 Å². The fraction of sp³-hybridized carbons (Fsp3) is 0.471. The average Bonchev–Trinajstić information content (AvgIpc) is 3.03. The third kappa shape index (κ3) is 2.81. The zero-order valence-electron chi connectivity index (χ0n) is 12.8. The Balaban J connectivity index is 2.04. The van der Waals surface area contributed by atoms with Crippen molar-refractivity contribution in [1.82, 2.24) is 9.88 Å². The van der Waals surface area contributed by atoms with E-state index < -0.39 is 5.60 Å². The number of carbonyl (C=O) groups excluding carboxylic acids is 1. The fourth-order valence-electron chi connectivity index (χ4n) is 2.90. The van der Waals surface area contributed by atoms with E-state index in [1.165, 1.54) is 12.0 Å². The summed E-state index contributed by atoms with van der Waals surface area (Å²) in [5, 5.41) is 4.63. The number of carbonyl (C=O) groups is 1. The highest BCUT2D eigenvalue weighted by Crippen LogP contribution is 2.31. The topological polar surface area (TPSA) is 43.3 Å². The van der Waals surface area contributed by atoms with Gasteiger partial charge in [-0.1, -0.05) is 18.2 Å². The summed E-state index contributed by atoms with van der Waals surface area (Å²) in [6, 6.07) is 8.34. The maximum Gasteiger partial charge on any atom is 0.419 e. The van der Waals surface area contributed by atoms with E-state index in [1.807, 2.05) is 45.2 Å². The van der Waals surface area contributed by atoms with Gasteiger partial charge in [-0.3, -0.25) is 4.57 Å². The lowest BCUT2D eigenvalue weighted by atomic mass is 10.0. The van der Waals surface area contributed by atoms with E-state index in [9.17, 15) is 4.79 Å². The molecule has 0 radical (unpaired) electrons. The van der Waals surface area contributed by atoms with Crippen LogP contribution in [0.25, 0.3) is 10.9 Å². The molecule has 21 heavy (non-hydrogen) atoms. The number of aromatic nitrogens is 1. The molecule has 1 aromatic carbocycles. The first-order valence-corrected chi connectivity index (χ1v) is 7.52. The Morgan fingerprint density at radius 3 is 2.76 bits per heavy atom. The Bertz CT molecular complexity index is 661. The van der Waals surface area contributed by atoms with Crippen LogP contribution in [0.15, 0.2) is 30.5 Å². The second-order valence-corrected chi connectivity index (χ2v) is 6.60. The van der Waals surface area contributed by atoms with Crippen LogP contribution >= 0.6 is 0 Å². The predicted molar refractivity (Wildman–Crippen MR) is 83.5 cm³/mol. The van der Waals surface area contributed by atoms with Crippen molar-refractivity contribution in [2.75, 3.05) is 6.54 Å². The molecule has 2 heterocycles. The zero-order valence-corrected chi connectivity index (χ0v) is 12.8. The molecule has 1 aliphatic rings. The quantitative estimate of drug-likeness (QED) is 0.866. The standard InChI is InChI=1S/C17H22N2O2/c1-17(2,3)21-16(20)19-11-13(14-8-6-10-18-14)12-7-4-5-9-15(12)19/h4-5,7,9,11,14,18H,6,8,10H2,1-3H3/t14-/m0/s1. The van der Waals surface area contributed by atoms with E-state index in [2.05, 4.69) is 11.4 Å². The van der Waals surface area contributed by atoms with Crippen LogP contribution in [-0.4, -0.2) is 22.8 Å². The Labute approximate surface area is 125 Å². The molecule has 112 valence electrons. The third-order valence-electron chi connectivity index (χ3n) is 3.77. The molecule has 1 aliphatic heterocycles. The van der Waals surface area contributed by atoms with Gasteiger partial charge in [-0.2, -0.15) is 0 Å². The monoisotopic (exact) mass is 286 g/mol. The first-order chi connectivity index (χ1) is 9.96. The van der Waals surface area contributed by atoms with Gasteiger partial charge in [0, 0.05) is 17.6 Å². The molecule has 0 amide bonds. The highest BCUT2D eigenvalue weighted by molar-refractivity contribution is 5.92. The summed E-state index contributed by atoms with van der Waals surface area (Å²) < 4.78 is 7.15. The van der Waals surface area contributed by atoms with Crippen molar-refractivity contribution in [2.45, 2.75) is 45.3 Å². The summed E-state index contributed by atoms with van der Waals surface area (Å²) in [5.41, 5.74) is 1.61. The van der Waals surface area contributed by atoms with Crippen LogP contribution in [0.4, 0.5) is 4.79 Å². The van der Waals surface area contributed by atoms with Gasteiger partial charge in [0.15, 0.2) is 0 Å². The summed E-state index contributed by atoms with van der Waals surface area (Å²) >= 11 is 0. The lowest BCUT2D eigenvalue weighted by Gasteiger charge is -2.19. The second-order valence-electron chi connectivity index (χ2n) is 6.60. The molecule has 0 aliphatic carbocycles. The number of para-hydroxylation sites is 1. The minimum absolute atomic E-state index is 0.317. The van der Waals surface area contributed by atoms with Crippen LogP contribution in [0.5, 0.6) is 0 Å². The third-order valence-corrected chi connectivity index (χ3v) is 3.77. The van der Waals surface area contributed by atoms with Crippen LogP contribution in [0.3, 0.4) is 0 Å². The Kier molecular flexibility index (Phi) is 3.49. The van der Waals surface area contributed by atoms with Crippen molar-refractivity contribution in [3.8, 4) is 0 Å². The number of benzene rings is 1. The molecule has 1 N–H and O–H groups in total. The van der Waals surface area contributed by atoms with E-state index in [0.717, 1.165) is 23.9 Å². The Morgan fingerprint density at radius 2 is 2.10 bits per heavy atom. The van der Waals surface area contributed by atoms with Crippen molar-refractivity contribution in [3.63, 3.8) is 0 Å². The number of hydrogen-bond acceptors (Lipinski definition) is 3. The van der Waals surface area contributed by atoms with Gasteiger partial charge in [0.05, 0.1) is 5.52 Å². The van der Waals surface area contributed by atoms with Crippen LogP contribution in [0, 0.1) is 0 Å². The first kappa shape index (κ1) is 14.1. The van der Waals surface area contributed by atoms with E-state index in [4.69, 9.17) is 4.74 Å². The summed E-state index contributed by atoms with van der Waals surface area (Å²) in [4.78, 5) is 12.4. The number of nitrogens with one attached hydrogen (secondary N) is 1. The maximum atomic E-state index is 12.4. The van der Waals surface area contributed by atoms with Gasteiger partial charge in [0.2, 0.25) is 0 Å². The second kappa shape index (κ2) is 5.19. The van der Waals surface area contributed by atoms with E-state index >= 15 is 0 Å². The summed E-state index contributed by atoms with van der Waals surface area (Å²) in [6.45, 7) is 6.69. The molecule has 4 nitrogen and oxygen atoms in total. The number of rotatable bonds is 1. The molecule has 4 heteroatoms. The van der Waals surface area contributed by atoms with Gasteiger partial charge in [0.1, 0.15) is 5.60 Å². The highest BCUT2D eigenvalue weighted by atomic mass is 16.6. The zero-order chi connectivity index (χ0) is 15.0. The molecule has 0 unspecified atom stereocenters. The minimum Gasteiger partial charge on any atom is -0.443 e. The Hall–Kier alpha value is -1.81. The summed E-state index contributed by atoms with van der Waals surface area (Å²) in [5.74, 6) is 0. The molecule has 0 spiro atoms. The lowest BCUT2D eigenvalue weighted by molar-refractivity contribution is 0.0544. The van der Waals surface area contributed by atoms with E-state index in [0.29, 0.717) is 6.04 Å². The smallest absolute Gasteiger partial charge is 0.419 e. The normalized spacial score (nSPS) is 19.1. The molecule has 1 saturated heterocycles. The van der Waals surface area contributed by atoms with Crippen LogP contribution in [0.2, 0.25) is 0 Å². The molecular weight excluding hydrogens is 264 g/mol. The van der Waals surface area contributed by atoms with Gasteiger partial charge in [-0.25, -0.2) is 4.79 Å². The van der Waals surface area contributed by atoms with Crippen molar-refractivity contribution in [1.29, 1.82) is 0 Å².